The quantitative estimate of drug-likeness (QED) is 0.231. The van der Waals surface area contributed by atoms with E-state index in [1.807, 2.05) is 29.6 Å². The molecular weight excluding hydrogens is 572 g/mol. The molecule has 0 spiro atoms. The van der Waals surface area contributed by atoms with Crippen LogP contribution >= 0.6 is 35.0 Å². The van der Waals surface area contributed by atoms with E-state index in [1.54, 1.807) is 35.2 Å². The minimum atomic E-state index is -5.14. The van der Waals surface area contributed by atoms with Gasteiger partial charge in [0.25, 0.3) is 11.8 Å². The summed E-state index contributed by atoms with van der Waals surface area (Å²) in [5.74, 6) is -1.76. The number of anilines is 2. The van der Waals surface area contributed by atoms with Crippen molar-refractivity contribution >= 4 is 58.2 Å². The molecule has 0 fully saturated rings. The van der Waals surface area contributed by atoms with Crippen LogP contribution in [0, 0.1) is 0 Å². The van der Waals surface area contributed by atoms with E-state index in [9.17, 15) is 27.9 Å². The second-order valence-corrected chi connectivity index (χ2v) is 10.9. The summed E-state index contributed by atoms with van der Waals surface area (Å²) in [5.41, 5.74) is -2.35. The van der Waals surface area contributed by atoms with Gasteiger partial charge in [-0.25, -0.2) is 0 Å². The number of nitrogens with one attached hydrogen (secondary N) is 1. The fraction of sp³-hybridized carbons (Fsp3) is 0.286. The predicted octanol–water partition coefficient (Wildman–Crippen LogP) is 8.23. The minimum Gasteiger partial charge on any atom is -0.373 e. The first kappa shape index (κ1) is 30.8. The van der Waals surface area contributed by atoms with Gasteiger partial charge >= 0.3 is 6.18 Å². The number of aliphatic hydroxyl groups is 1. The van der Waals surface area contributed by atoms with Gasteiger partial charge in [0.05, 0.1) is 10.7 Å². The summed E-state index contributed by atoms with van der Waals surface area (Å²) >= 11 is 13.5. The number of amides is 2. The smallest absolute Gasteiger partial charge is 0.373 e. The van der Waals surface area contributed by atoms with Gasteiger partial charge < -0.3 is 15.3 Å². The van der Waals surface area contributed by atoms with Gasteiger partial charge in [-0.2, -0.15) is 13.2 Å². The average molecular weight is 600 g/mol. The first-order chi connectivity index (χ1) is 18.3. The number of alkyl halides is 3. The number of rotatable bonds is 10. The third-order valence-corrected chi connectivity index (χ3v) is 7.45. The van der Waals surface area contributed by atoms with Crippen molar-refractivity contribution in [3.63, 3.8) is 0 Å². The molecule has 0 aliphatic carbocycles. The van der Waals surface area contributed by atoms with Crippen LogP contribution in [0.3, 0.4) is 0 Å². The standard InChI is InChI=1S/C28H27Cl2F3N2O3S/c1-3-4-5-16-35(25(36)18-6-8-19(29)9-7-18)20-10-12-21(13-11-20)39-22-14-15-24(23(30)17-22)34-26(37)27(2,38)28(31,32)33/h6-15,17,38H,3-5,16H2,1-2H3,(H,34,37). The van der Waals surface area contributed by atoms with Crippen molar-refractivity contribution in [2.45, 2.75) is 54.7 Å². The monoisotopic (exact) mass is 598 g/mol. The van der Waals surface area contributed by atoms with Crippen molar-refractivity contribution < 1.29 is 27.9 Å². The third-order valence-electron chi connectivity index (χ3n) is 5.89. The zero-order valence-electron chi connectivity index (χ0n) is 21.2. The lowest BCUT2D eigenvalue weighted by Crippen LogP contribution is -2.52. The second-order valence-electron chi connectivity index (χ2n) is 8.93. The molecular formula is C28H27Cl2F3N2O3S. The normalized spacial score (nSPS) is 13.0. The van der Waals surface area contributed by atoms with Gasteiger partial charge in [-0.05, 0) is 80.1 Å². The largest absolute Gasteiger partial charge is 0.426 e. The van der Waals surface area contributed by atoms with Crippen LogP contribution in [0.5, 0.6) is 0 Å². The van der Waals surface area contributed by atoms with Gasteiger partial charge in [0.15, 0.2) is 0 Å². The Morgan fingerprint density at radius 3 is 2.13 bits per heavy atom. The van der Waals surface area contributed by atoms with Gasteiger partial charge in [-0.15, -0.1) is 0 Å². The van der Waals surface area contributed by atoms with Gasteiger partial charge in [-0.3, -0.25) is 9.59 Å². The van der Waals surface area contributed by atoms with Gasteiger partial charge in [0.2, 0.25) is 5.60 Å². The fourth-order valence-electron chi connectivity index (χ4n) is 3.48. The molecule has 5 nitrogen and oxygen atoms in total. The number of hydrogen-bond acceptors (Lipinski definition) is 4. The van der Waals surface area contributed by atoms with Crippen LogP contribution in [-0.2, 0) is 4.79 Å². The lowest BCUT2D eigenvalue weighted by Gasteiger charge is -2.25. The molecule has 3 aromatic carbocycles. The van der Waals surface area contributed by atoms with Gasteiger partial charge in [0, 0.05) is 32.6 Å². The first-order valence-corrected chi connectivity index (χ1v) is 13.7. The molecule has 2 N–H and O–H groups in total. The number of nitrogens with zero attached hydrogens (tertiary/aromatic N) is 1. The van der Waals surface area contributed by atoms with Crippen LogP contribution < -0.4 is 10.2 Å². The molecule has 39 heavy (non-hydrogen) atoms. The average Bonchev–Trinajstić information content (AvgIpc) is 2.88. The Balaban J connectivity index is 1.74. The van der Waals surface area contributed by atoms with E-state index in [2.05, 4.69) is 6.92 Å². The molecule has 1 unspecified atom stereocenters. The Kier molecular flexibility index (Phi) is 10.3. The molecule has 0 bridgehead atoms. The summed E-state index contributed by atoms with van der Waals surface area (Å²) in [4.78, 5) is 28.4. The van der Waals surface area contributed by atoms with Gasteiger partial charge in [-0.1, -0.05) is 54.7 Å². The summed E-state index contributed by atoms with van der Waals surface area (Å²) in [6.07, 6.45) is -2.28. The Morgan fingerprint density at radius 1 is 0.949 bits per heavy atom. The fourth-order valence-corrected chi connectivity index (χ4v) is 4.76. The van der Waals surface area contributed by atoms with Crippen LogP contribution in [0.2, 0.25) is 10.0 Å². The Labute approximate surface area is 239 Å². The predicted molar refractivity (Wildman–Crippen MR) is 150 cm³/mol. The second kappa shape index (κ2) is 13.1. The van der Waals surface area contributed by atoms with Crippen molar-refractivity contribution in [3.05, 3.63) is 82.3 Å². The number of hydrogen-bond donors (Lipinski definition) is 2. The molecule has 0 aromatic heterocycles. The van der Waals surface area contributed by atoms with Crippen molar-refractivity contribution in [1.29, 1.82) is 0 Å². The van der Waals surface area contributed by atoms with Crippen molar-refractivity contribution in [2.24, 2.45) is 0 Å². The van der Waals surface area contributed by atoms with Crippen LogP contribution in [0.4, 0.5) is 24.5 Å². The minimum absolute atomic E-state index is 0.0126. The molecule has 0 radical (unpaired) electrons. The SMILES string of the molecule is CCCCCN(C(=O)c1ccc(Cl)cc1)c1ccc(Sc2ccc(NC(=O)C(C)(O)C(F)(F)F)c(Cl)c2)cc1. The van der Waals surface area contributed by atoms with Crippen LogP contribution in [-0.4, -0.2) is 35.2 Å². The molecule has 0 saturated heterocycles. The number of halogens is 5. The Bertz CT molecular complexity index is 1300. The van der Waals surface area contributed by atoms with E-state index in [0.717, 1.165) is 29.8 Å². The maximum atomic E-state index is 13.2. The highest BCUT2D eigenvalue weighted by Gasteiger charge is 2.55. The van der Waals surface area contributed by atoms with Crippen LogP contribution in [0.25, 0.3) is 0 Å². The third kappa shape index (κ3) is 7.91. The maximum Gasteiger partial charge on any atom is 0.426 e. The molecule has 3 rings (SSSR count). The number of unbranched alkanes of at least 4 members (excludes halogenated alkanes) is 2. The van der Waals surface area contributed by atoms with E-state index in [1.165, 1.54) is 23.9 Å². The van der Waals surface area contributed by atoms with Crippen molar-refractivity contribution in [3.8, 4) is 0 Å². The lowest BCUT2D eigenvalue weighted by molar-refractivity contribution is -0.242. The molecule has 2 amide bonds. The highest BCUT2D eigenvalue weighted by atomic mass is 35.5. The molecule has 1 atom stereocenters. The van der Waals surface area contributed by atoms with Crippen LogP contribution in [0.15, 0.2) is 76.5 Å². The Morgan fingerprint density at radius 2 is 1.56 bits per heavy atom. The van der Waals surface area contributed by atoms with Gasteiger partial charge in [0.1, 0.15) is 0 Å². The molecule has 208 valence electrons. The highest BCUT2D eigenvalue weighted by Crippen LogP contribution is 2.36. The summed E-state index contributed by atoms with van der Waals surface area (Å²) in [7, 11) is 0. The molecule has 0 aliphatic heterocycles. The molecule has 0 saturated carbocycles. The summed E-state index contributed by atoms with van der Waals surface area (Å²) in [6.45, 7) is 3.03. The van der Waals surface area contributed by atoms with E-state index in [4.69, 9.17) is 23.2 Å². The van der Waals surface area contributed by atoms with E-state index in [-0.39, 0.29) is 16.6 Å². The van der Waals surface area contributed by atoms with Crippen molar-refractivity contribution in [1.82, 2.24) is 0 Å². The summed E-state index contributed by atoms with van der Waals surface area (Å²) in [6, 6.07) is 18.6. The molecule has 11 heteroatoms. The molecule has 0 heterocycles. The number of carbonyl (C=O) groups is 2. The van der Waals surface area contributed by atoms with Crippen molar-refractivity contribution in [2.75, 3.05) is 16.8 Å². The maximum absolute atomic E-state index is 13.2. The zero-order valence-corrected chi connectivity index (χ0v) is 23.5. The number of benzene rings is 3. The molecule has 3 aromatic rings. The van der Waals surface area contributed by atoms with E-state index >= 15 is 0 Å². The highest BCUT2D eigenvalue weighted by molar-refractivity contribution is 7.99. The first-order valence-electron chi connectivity index (χ1n) is 12.1. The molecule has 0 aliphatic rings. The van der Waals surface area contributed by atoms with E-state index < -0.39 is 17.7 Å². The lowest BCUT2D eigenvalue weighted by atomic mass is 10.1. The summed E-state index contributed by atoms with van der Waals surface area (Å²) < 4.78 is 38.8. The van der Waals surface area contributed by atoms with Crippen LogP contribution in [0.1, 0.15) is 43.5 Å². The topological polar surface area (TPSA) is 69.6 Å². The zero-order chi connectivity index (χ0) is 28.8. The number of carbonyl (C=O) groups excluding carboxylic acids is 2. The van der Waals surface area contributed by atoms with E-state index in [0.29, 0.717) is 29.0 Å². The Hall–Kier alpha value is -2.72. The summed E-state index contributed by atoms with van der Waals surface area (Å²) in [5, 5.41) is 12.1.